The number of H-pyrrole nitrogens is 1. The minimum absolute atomic E-state index is 0.614. The van der Waals surface area contributed by atoms with Gasteiger partial charge in [0.15, 0.2) is 0 Å². The molecule has 0 radical (unpaired) electrons. The molecule has 0 unspecified atom stereocenters. The van der Waals surface area contributed by atoms with Crippen LogP contribution < -0.4 is 0 Å². The number of nitrogens with zero attached hydrogens (tertiary/aromatic N) is 2. The monoisotopic (exact) mass is 255 g/mol. The average Bonchev–Trinajstić information content (AvgIpc) is 2.41. The number of rotatable bonds is 2. The smallest absolute Gasteiger partial charge is 0.133 e. The topological polar surface area (TPSA) is 52.5 Å². The molecule has 0 saturated carbocycles. The van der Waals surface area contributed by atoms with E-state index in [9.17, 15) is 0 Å². The van der Waals surface area contributed by atoms with E-state index in [-0.39, 0.29) is 0 Å². The Kier molecular flexibility index (Phi) is 3.54. The van der Waals surface area contributed by atoms with E-state index in [0.717, 1.165) is 29.1 Å². The van der Waals surface area contributed by atoms with Crippen molar-refractivity contribution in [3.05, 3.63) is 45.9 Å². The van der Waals surface area contributed by atoms with Crippen molar-refractivity contribution in [3.63, 3.8) is 0 Å². The van der Waals surface area contributed by atoms with Gasteiger partial charge in [0.25, 0.3) is 0 Å². The number of hydrogen-bond donors (Lipinski definition) is 1. The first-order valence-electron chi connectivity index (χ1n) is 5.76. The number of benzene rings is 1. The van der Waals surface area contributed by atoms with E-state index in [2.05, 4.69) is 16.0 Å². The highest BCUT2D eigenvalue weighted by Gasteiger charge is 2.07. The molecule has 0 aliphatic heterocycles. The lowest BCUT2D eigenvalue weighted by Gasteiger charge is -2.09. The summed E-state index contributed by atoms with van der Waals surface area (Å²) < 4.78 is 0.614. The van der Waals surface area contributed by atoms with Gasteiger partial charge in [-0.2, -0.15) is 5.26 Å². The van der Waals surface area contributed by atoms with Crippen LogP contribution in [-0.4, -0.2) is 9.97 Å². The van der Waals surface area contributed by atoms with Crippen LogP contribution in [0.2, 0.25) is 0 Å². The van der Waals surface area contributed by atoms with E-state index < -0.39 is 0 Å². The van der Waals surface area contributed by atoms with E-state index in [1.54, 1.807) is 6.07 Å². The van der Waals surface area contributed by atoms with E-state index in [1.807, 2.05) is 32.0 Å². The van der Waals surface area contributed by atoms with Gasteiger partial charge in [-0.05, 0) is 24.6 Å². The number of nitriles is 1. The molecule has 0 atom stereocenters. The predicted octanol–water partition coefficient (Wildman–Crippen LogP) is 3.55. The molecule has 1 aromatic heterocycles. The zero-order chi connectivity index (χ0) is 13.1. The first-order chi connectivity index (χ1) is 8.65. The summed E-state index contributed by atoms with van der Waals surface area (Å²) in [4.78, 5) is 7.60. The van der Waals surface area contributed by atoms with Crippen LogP contribution in [0.15, 0.2) is 24.3 Å². The normalized spacial score (nSPS) is 10.1. The van der Waals surface area contributed by atoms with E-state index >= 15 is 0 Å². The van der Waals surface area contributed by atoms with Crippen LogP contribution in [0, 0.1) is 22.9 Å². The standard InChI is InChI=1S/C14H13N3S/c1-3-12-16-13(9(2)14(18)17-12)11-6-4-5-10(7-11)8-15/h4-7H,3H2,1-2H3,(H,16,17,18). The SMILES string of the molecule is CCc1nc(=S)c(C)c(-c2cccc(C#N)c2)[nH]1. The molecule has 0 saturated heterocycles. The second-order valence-electron chi connectivity index (χ2n) is 4.03. The second kappa shape index (κ2) is 5.11. The Labute approximate surface area is 111 Å². The van der Waals surface area contributed by atoms with Gasteiger partial charge < -0.3 is 4.98 Å². The third-order valence-corrected chi connectivity index (χ3v) is 3.21. The summed E-state index contributed by atoms with van der Waals surface area (Å²) in [5, 5.41) is 8.94. The van der Waals surface area contributed by atoms with Gasteiger partial charge in [-0.25, -0.2) is 4.98 Å². The lowest BCUT2D eigenvalue weighted by atomic mass is 10.1. The Bertz CT molecular complexity index is 680. The molecule has 0 spiro atoms. The maximum atomic E-state index is 8.94. The first kappa shape index (κ1) is 12.5. The molecule has 1 heterocycles. The van der Waals surface area contributed by atoms with Crippen molar-refractivity contribution in [2.75, 3.05) is 0 Å². The van der Waals surface area contributed by atoms with Gasteiger partial charge in [0.2, 0.25) is 0 Å². The van der Waals surface area contributed by atoms with Crippen molar-refractivity contribution in [2.24, 2.45) is 0 Å². The summed E-state index contributed by atoms with van der Waals surface area (Å²) in [5.74, 6) is 0.864. The molecule has 4 heteroatoms. The predicted molar refractivity (Wildman–Crippen MR) is 73.7 cm³/mol. The number of aromatic nitrogens is 2. The van der Waals surface area contributed by atoms with E-state index in [1.165, 1.54) is 0 Å². The summed E-state index contributed by atoms with van der Waals surface area (Å²) in [6.45, 7) is 3.97. The van der Waals surface area contributed by atoms with Crippen molar-refractivity contribution in [1.29, 1.82) is 5.26 Å². The highest BCUT2D eigenvalue weighted by molar-refractivity contribution is 7.71. The van der Waals surface area contributed by atoms with Crippen LogP contribution in [0.5, 0.6) is 0 Å². The van der Waals surface area contributed by atoms with Crippen LogP contribution in [0.3, 0.4) is 0 Å². The first-order valence-corrected chi connectivity index (χ1v) is 6.17. The molecular formula is C14H13N3S. The zero-order valence-electron chi connectivity index (χ0n) is 10.3. The number of nitrogens with one attached hydrogen (secondary N) is 1. The summed E-state index contributed by atoms with van der Waals surface area (Å²) in [6.07, 6.45) is 0.800. The molecule has 0 bridgehead atoms. The van der Waals surface area contributed by atoms with Gasteiger partial charge in [-0.15, -0.1) is 0 Å². The maximum absolute atomic E-state index is 8.94. The van der Waals surface area contributed by atoms with Gasteiger partial charge in [-0.3, -0.25) is 0 Å². The number of hydrogen-bond acceptors (Lipinski definition) is 3. The van der Waals surface area contributed by atoms with Gasteiger partial charge in [0, 0.05) is 12.0 Å². The molecular weight excluding hydrogens is 242 g/mol. The molecule has 0 amide bonds. The Hall–Kier alpha value is -1.99. The fourth-order valence-corrected chi connectivity index (χ4v) is 1.99. The van der Waals surface area contributed by atoms with Crippen LogP contribution in [0.25, 0.3) is 11.3 Å². The van der Waals surface area contributed by atoms with E-state index in [4.69, 9.17) is 17.5 Å². The molecule has 0 aliphatic rings. The zero-order valence-corrected chi connectivity index (χ0v) is 11.1. The Balaban J connectivity index is 2.66. The fraction of sp³-hybridized carbons (Fsp3) is 0.214. The van der Waals surface area contributed by atoms with Crippen LogP contribution in [0.4, 0.5) is 0 Å². The average molecular weight is 255 g/mol. The van der Waals surface area contributed by atoms with Gasteiger partial charge in [0.05, 0.1) is 17.3 Å². The fourth-order valence-electron chi connectivity index (χ4n) is 1.78. The van der Waals surface area contributed by atoms with Crippen LogP contribution >= 0.6 is 12.2 Å². The highest BCUT2D eigenvalue weighted by atomic mass is 32.1. The highest BCUT2D eigenvalue weighted by Crippen LogP contribution is 2.22. The molecule has 0 fully saturated rings. The molecule has 1 N–H and O–H groups in total. The number of aryl methyl sites for hydroxylation is 1. The minimum atomic E-state index is 0.614. The molecule has 0 aliphatic carbocycles. The largest absolute Gasteiger partial charge is 0.343 e. The van der Waals surface area contributed by atoms with E-state index in [0.29, 0.717) is 10.2 Å². The van der Waals surface area contributed by atoms with Crippen molar-refractivity contribution in [1.82, 2.24) is 9.97 Å². The summed E-state index contributed by atoms with van der Waals surface area (Å²) >= 11 is 5.26. The lowest BCUT2D eigenvalue weighted by Crippen LogP contribution is -1.99. The third kappa shape index (κ3) is 2.31. The summed E-state index contributed by atoms with van der Waals surface area (Å²) in [5.41, 5.74) is 3.50. The van der Waals surface area contributed by atoms with Crippen molar-refractivity contribution >= 4 is 12.2 Å². The maximum Gasteiger partial charge on any atom is 0.133 e. The van der Waals surface area contributed by atoms with Gasteiger partial charge >= 0.3 is 0 Å². The summed E-state index contributed by atoms with van der Waals surface area (Å²) in [7, 11) is 0. The second-order valence-corrected chi connectivity index (χ2v) is 4.42. The minimum Gasteiger partial charge on any atom is -0.343 e. The van der Waals surface area contributed by atoms with Crippen molar-refractivity contribution < 1.29 is 0 Å². The molecule has 18 heavy (non-hydrogen) atoms. The summed E-state index contributed by atoms with van der Waals surface area (Å²) in [6, 6.07) is 9.62. The number of aromatic amines is 1. The Morgan fingerprint density at radius 2 is 2.22 bits per heavy atom. The molecule has 1 aromatic carbocycles. The molecule has 3 nitrogen and oxygen atoms in total. The Morgan fingerprint density at radius 1 is 1.44 bits per heavy atom. The molecule has 90 valence electrons. The quantitative estimate of drug-likeness (QED) is 0.835. The van der Waals surface area contributed by atoms with Crippen LogP contribution in [0.1, 0.15) is 23.9 Å². The van der Waals surface area contributed by atoms with Gasteiger partial charge in [0.1, 0.15) is 10.5 Å². The van der Waals surface area contributed by atoms with Crippen LogP contribution in [-0.2, 0) is 6.42 Å². The van der Waals surface area contributed by atoms with Crippen molar-refractivity contribution in [2.45, 2.75) is 20.3 Å². The van der Waals surface area contributed by atoms with Gasteiger partial charge in [-0.1, -0.05) is 31.3 Å². The Morgan fingerprint density at radius 3 is 2.89 bits per heavy atom. The van der Waals surface area contributed by atoms with Crippen molar-refractivity contribution in [3.8, 4) is 17.3 Å². The third-order valence-electron chi connectivity index (χ3n) is 2.82. The molecule has 2 aromatic rings. The lowest BCUT2D eigenvalue weighted by molar-refractivity contribution is 0.926. The molecule has 2 rings (SSSR count).